The van der Waals surface area contributed by atoms with Crippen molar-refractivity contribution in [2.24, 2.45) is 0 Å². The lowest BCUT2D eigenvalue weighted by Gasteiger charge is -2.37. The van der Waals surface area contributed by atoms with E-state index in [1.54, 1.807) is 18.2 Å². The minimum atomic E-state index is -4.33. The molecule has 0 bridgehead atoms. The maximum absolute atomic E-state index is 13.0. The summed E-state index contributed by atoms with van der Waals surface area (Å²) in [7, 11) is -0.547. The number of halogens is 3. The fourth-order valence-corrected chi connectivity index (χ4v) is 5.56. The van der Waals surface area contributed by atoms with Gasteiger partial charge in [-0.2, -0.15) is 13.2 Å². The predicted molar refractivity (Wildman–Crippen MR) is 148 cm³/mol. The number of esters is 1. The van der Waals surface area contributed by atoms with E-state index in [1.807, 2.05) is 6.07 Å². The van der Waals surface area contributed by atoms with Crippen molar-refractivity contribution in [3.63, 3.8) is 0 Å². The zero-order valence-electron chi connectivity index (χ0n) is 23.3. The summed E-state index contributed by atoms with van der Waals surface area (Å²) < 4.78 is 50.1. The summed E-state index contributed by atoms with van der Waals surface area (Å²) >= 11 is 0. The number of carbonyl (C=O) groups excluding carboxylic acids is 1. The van der Waals surface area contributed by atoms with Gasteiger partial charge in [-0.3, -0.25) is 4.90 Å². The topological polar surface area (TPSA) is 38.8 Å². The minimum absolute atomic E-state index is 0.117. The summed E-state index contributed by atoms with van der Waals surface area (Å²) in [5, 5.41) is 0.117. The van der Waals surface area contributed by atoms with Gasteiger partial charge in [-0.15, -0.1) is 0 Å². The number of hydrogen-bond donors (Lipinski definition) is 0. The van der Waals surface area contributed by atoms with E-state index in [9.17, 15) is 18.0 Å². The van der Waals surface area contributed by atoms with Crippen molar-refractivity contribution in [1.82, 2.24) is 4.90 Å². The number of alkyl halides is 3. The first kappa shape index (κ1) is 30.1. The third-order valence-corrected chi connectivity index (χ3v) is 12.4. The van der Waals surface area contributed by atoms with Gasteiger partial charge in [-0.05, 0) is 77.9 Å². The normalized spacial score (nSPS) is 16.3. The van der Waals surface area contributed by atoms with E-state index in [2.05, 4.69) is 55.6 Å². The maximum atomic E-state index is 13.0. The fraction of sp³-hybridized carbons (Fsp3) is 0.500. The van der Waals surface area contributed by atoms with E-state index in [1.165, 1.54) is 24.3 Å². The minimum Gasteiger partial charge on any atom is -0.466 e. The molecule has 0 N–H and O–H groups in total. The Balaban J connectivity index is 1.76. The number of fused-ring (bicyclic) bond motifs is 1. The summed E-state index contributed by atoms with van der Waals surface area (Å²) in [5.41, 5.74) is 3.73. The van der Waals surface area contributed by atoms with Crippen molar-refractivity contribution in [2.45, 2.75) is 70.4 Å². The van der Waals surface area contributed by atoms with Crippen LogP contribution in [-0.4, -0.2) is 46.0 Å². The fourth-order valence-electron chi connectivity index (χ4n) is 4.52. The van der Waals surface area contributed by atoms with Crippen LogP contribution >= 0.6 is 0 Å². The predicted octanol–water partition coefficient (Wildman–Crippen LogP) is 7.45. The molecule has 38 heavy (non-hydrogen) atoms. The largest absolute Gasteiger partial charge is 0.466 e. The zero-order valence-corrected chi connectivity index (χ0v) is 24.3. The van der Waals surface area contributed by atoms with Gasteiger partial charge in [0.2, 0.25) is 0 Å². The first-order chi connectivity index (χ1) is 17.7. The van der Waals surface area contributed by atoms with Crippen molar-refractivity contribution in [2.75, 3.05) is 26.8 Å². The molecule has 0 fully saturated rings. The van der Waals surface area contributed by atoms with E-state index in [4.69, 9.17) is 4.43 Å². The summed E-state index contributed by atoms with van der Waals surface area (Å²) in [4.78, 5) is 13.9. The summed E-state index contributed by atoms with van der Waals surface area (Å²) in [5.74, 6) is -0.389. The molecule has 4 nitrogen and oxygen atoms in total. The molecule has 0 amide bonds. The number of hydrogen-bond acceptors (Lipinski definition) is 4. The third-order valence-electron chi connectivity index (χ3n) is 7.88. The third kappa shape index (κ3) is 7.80. The average Bonchev–Trinajstić information content (AvgIpc) is 3.26. The van der Waals surface area contributed by atoms with Crippen molar-refractivity contribution >= 4 is 20.4 Å². The van der Waals surface area contributed by atoms with Gasteiger partial charge in [0.15, 0.2) is 8.32 Å². The molecule has 2 aromatic carbocycles. The first-order valence-electron chi connectivity index (χ1n) is 13.1. The van der Waals surface area contributed by atoms with Gasteiger partial charge < -0.3 is 9.16 Å². The van der Waals surface area contributed by atoms with Crippen LogP contribution in [0.1, 0.15) is 61.1 Å². The Morgan fingerprint density at radius 2 is 1.76 bits per heavy atom. The Labute approximate surface area is 226 Å². The smallest absolute Gasteiger partial charge is 0.416 e. The summed E-state index contributed by atoms with van der Waals surface area (Å²) in [6.07, 6.45) is 1.40. The lowest BCUT2D eigenvalue weighted by atomic mass is 10.0. The van der Waals surface area contributed by atoms with Gasteiger partial charge in [-0.25, -0.2) is 4.79 Å². The average molecular weight is 548 g/mol. The molecule has 0 saturated heterocycles. The highest BCUT2D eigenvalue weighted by molar-refractivity contribution is 6.74. The number of rotatable bonds is 10. The Kier molecular flexibility index (Phi) is 9.65. The monoisotopic (exact) mass is 547 g/mol. The molecule has 0 heterocycles. The molecule has 208 valence electrons. The Bertz CT molecular complexity index is 1120. The Hall–Kier alpha value is -2.42. The molecule has 1 atom stereocenters. The van der Waals surface area contributed by atoms with Crippen molar-refractivity contribution in [3.8, 4) is 0 Å². The van der Waals surface area contributed by atoms with Crippen molar-refractivity contribution < 1.29 is 27.1 Å². The number of benzene rings is 2. The maximum Gasteiger partial charge on any atom is 0.416 e. The number of aryl methyl sites for hydroxylation is 1. The highest BCUT2D eigenvalue weighted by Gasteiger charge is 2.37. The molecule has 1 aliphatic carbocycles. The molecule has 1 unspecified atom stereocenters. The van der Waals surface area contributed by atoms with Gasteiger partial charge in [0, 0.05) is 31.8 Å². The van der Waals surface area contributed by atoms with Crippen molar-refractivity contribution in [1.29, 1.82) is 0 Å². The van der Waals surface area contributed by atoms with Crippen LogP contribution in [0.2, 0.25) is 18.1 Å². The van der Waals surface area contributed by atoms with Crippen LogP contribution in [0.4, 0.5) is 13.2 Å². The molecule has 0 radical (unpaired) electrons. The second-order valence-electron chi connectivity index (χ2n) is 11.5. The van der Waals surface area contributed by atoms with Gasteiger partial charge >= 0.3 is 12.1 Å². The molecular weight excluding hydrogens is 507 g/mol. The Morgan fingerprint density at radius 3 is 2.37 bits per heavy atom. The summed E-state index contributed by atoms with van der Waals surface area (Å²) in [6.45, 7) is 13.3. The highest BCUT2D eigenvalue weighted by atomic mass is 28.4. The van der Waals surface area contributed by atoms with E-state index < -0.39 is 20.1 Å². The quantitative estimate of drug-likeness (QED) is 0.176. The van der Waals surface area contributed by atoms with Crippen LogP contribution in [0.3, 0.4) is 0 Å². The molecule has 1 aliphatic rings. The highest BCUT2D eigenvalue weighted by Crippen LogP contribution is 2.38. The van der Waals surface area contributed by atoms with Gasteiger partial charge in [-0.1, -0.05) is 51.1 Å². The van der Waals surface area contributed by atoms with E-state index in [-0.39, 0.29) is 17.0 Å². The van der Waals surface area contributed by atoms with Crippen LogP contribution in [0, 0.1) is 0 Å². The number of carbonyl (C=O) groups is 1. The van der Waals surface area contributed by atoms with Crippen LogP contribution in [0.15, 0.2) is 48.5 Å². The number of methoxy groups -OCH3 is 1. The molecule has 8 heteroatoms. The first-order valence-corrected chi connectivity index (χ1v) is 16.0. The van der Waals surface area contributed by atoms with E-state index in [0.717, 1.165) is 49.2 Å². The second-order valence-corrected chi connectivity index (χ2v) is 16.3. The number of ether oxygens (including phenoxy) is 1. The molecular formula is C30H40F3NO3Si. The molecule has 2 aromatic rings. The molecule has 0 spiro atoms. The molecule has 0 saturated carbocycles. The lowest BCUT2D eigenvalue weighted by Crippen LogP contribution is -2.43. The van der Waals surface area contributed by atoms with Gasteiger partial charge in [0.25, 0.3) is 0 Å². The SMILES string of the molecule is COC(=O)C=Cc1ccc2c(c1)CCC2N(CCO[Si](C)(C)C(C)(C)C)CCc1ccc(C(F)(F)F)cc1. The van der Waals surface area contributed by atoms with E-state index >= 15 is 0 Å². The van der Waals surface area contributed by atoms with Crippen LogP contribution in [0.5, 0.6) is 0 Å². The van der Waals surface area contributed by atoms with Crippen molar-refractivity contribution in [3.05, 3.63) is 76.4 Å². The van der Waals surface area contributed by atoms with E-state index in [0.29, 0.717) is 13.0 Å². The Morgan fingerprint density at radius 1 is 1.08 bits per heavy atom. The van der Waals surface area contributed by atoms with Gasteiger partial charge in [0.05, 0.1) is 12.7 Å². The summed E-state index contributed by atoms with van der Waals surface area (Å²) in [6, 6.07) is 11.9. The van der Waals surface area contributed by atoms with Crippen LogP contribution in [0.25, 0.3) is 6.08 Å². The second kappa shape index (κ2) is 12.2. The molecule has 0 aromatic heterocycles. The standard InChI is InChI=1S/C30H40F3NO3Si/c1-29(2,3)38(5,6)37-20-19-34(18-17-22-7-12-25(13-8-22)30(31,32)33)27-15-11-24-21-23(9-14-26(24)27)10-16-28(35)36-4/h7-10,12-14,16,21,27H,11,15,17-20H2,1-6H3. The van der Waals surface area contributed by atoms with Crippen LogP contribution < -0.4 is 0 Å². The number of nitrogens with zero attached hydrogens (tertiary/aromatic N) is 1. The zero-order chi connectivity index (χ0) is 28.1. The molecule has 0 aliphatic heterocycles. The molecule has 3 rings (SSSR count). The lowest BCUT2D eigenvalue weighted by molar-refractivity contribution is -0.137. The van der Waals surface area contributed by atoms with Crippen LogP contribution in [-0.2, 0) is 33.0 Å². The van der Waals surface area contributed by atoms with Gasteiger partial charge in [0.1, 0.15) is 0 Å².